The molecule has 0 atom stereocenters. The van der Waals surface area contributed by atoms with E-state index >= 15 is 0 Å². The van der Waals surface area contributed by atoms with Crippen LogP contribution in [0.2, 0.25) is 0 Å². The van der Waals surface area contributed by atoms with Crippen molar-refractivity contribution in [1.29, 1.82) is 0 Å². The Morgan fingerprint density at radius 2 is 2.13 bits per heavy atom. The van der Waals surface area contributed by atoms with Crippen LogP contribution in [0.4, 0.5) is 5.69 Å². The van der Waals surface area contributed by atoms with Gasteiger partial charge in [-0.15, -0.1) is 0 Å². The summed E-state index contributed by atoms with van der Waals surface area (Å²) in [6.45, 7) is 2.51. The average Bonchev–Trinajstić information content (AvgIpc) is 3.08. The van der Waals surface area contributed by atoms with Crippen molar-refractivity contribution < 1.29 is 0 Å². The fourth-order valence-corrected chi connectivity index (χ4v) is 2.23. The van der Waals surface area contributed by atoms with Crippen LogP contribution in [0.1, 0.15) is 12.0 Å². The minimum Gasteiger partial charge on any atom is -0.378 e. The fourth-order valence-electron chi connectivity index (χ4n) is 2.23. The van der Waals surface area contributed by atoms with E-state index in [4.69, 9.17) is 0 Å². The first-order chi connectivity index (χ1) is 11.2. The number of aromatic nitrogens is 2. The van der Waals surface area contributed by atoms with Gasteiger partial charge in [0.05, 0.1) is 0 Å². The van der Waals surface area contributed by atoms with E-state index in [9.17, 15) is 0 Å². The number of nitrogens with zero attached hydrogens (tertiary/aromatic N) is 4. The van der Waals surface area contributed by atoms with E-state index in [1.165, 1.54) is 11.3 Å². The molecule has 1 heterocycles. The summed E-state index contributed by atoms with van der Waals surface area (Å²) < 4.78 is 1.94. The molecule has 0 saturated carbocycles. The van der Waals surface area contributed by atoms with Crippen LogP contribution in [0.25, 0.3) is 0 Å². The van der Waals surface area contributed by atoms with Gasteiger partial charge in [-0.05, 0) is 30.2 Å². The highest BCUT2D eigenvalue weighted by atomic mass is 15.3. The van der Waals surface area contributed by atoms with Crippen LogP contribution in [-0.2, 0) is 13.1 Å². The van der Waals surface area contributed by atoms with Gasteiger partial charge in [0.2, 0.25) is 0 Å². The van der Waals surface area contributed by atoms with Crippen molar-refractivity contribution in [1.82, 2.24) is 20.4 Å². The van der Waals surface area contributed by atoms with Crippen LogP contribution in [0.3, 0.4) is 0 Å². The zero-order valence-corrected chi connectivity index (χ0v) is 14.2. The number of nitrogens with one attached hydrogen (secondary N) is 2. The summed E-state index contributed by atoms with van der Waals surface area (Å²) in [5.74, 6) is 0.820. The van der Waals surface area contributed by atoms with Gasteiger partial charge < -0.3 is 15.5 Å². The maximum Gasteiger partial charge on any atom is 0.191 e. The molecule has 6 heteroatoms. The van der Waals surface area contributed by atoms with Gasteiger partial charge in [0.25, 0.3) is 0 Å². The lowest BCUT2D eigenvalue weighted by Crippen LogP contribution is -2.37. The van der Waals surface area contributed by atoms with Crippen LogP contribution >= 0.6 is 0 Å². The number of aryl methyl sites for hydroxylation is 1. The molecule has 0 unspecified atom stereocenters. The predicted molar refractivity (Wildman–Crippen MR) is 95.8 cm³/mol. The molecule has 6 nitrogen and oxygen atoms in total. The van der Waals surface area contributed by atoms with E-state index < -0.39 is 0 Å². The standard InChI is InChI=1S/C17H26N6/c1-18-17(19-9-5-11-23-12-6-10-21-23)20-14-15-7-4-8-16(13-15)22(2)3/h4,6-8,10,12-13H,5,9,11,14H2,1-3H3,(H2,18,19,20). The molecule has 2 aromatic rings. The Morgan fingerprint density at radius 3 is 2.83 bits per heavy atom. The van der Waals surface area contributed by atoms with Gasteiger partial charge in [-0.1, -0.05) is 12.1 Å². The molecule has 0 aliphatic heterocycles. The Kier molecular flexibility index (Phi) is 6.47. The number of anilines is 1. The Labute approximate surface area is 138 Å². The number of hydrogen-bond acceptors (Lipinski definition) is 3. The highest BCUT2D eigenvalue weighted by Crippen LogP contribution is 2.12. The summed E-state index contributed by atoms with van der Waals surface area (Å²) in [5.41, 5.74) is 2.43. The molecule has 0 aliphatic carbocycles. The van der Waals surface area contributed by atoms with Crippen molar-refractivity contribution in [3.63, 3.8) is 0 Å². The Balaban J connectivity index is 1.73. The lowest BCUT2D eigenvalue weighted by molar-refractivity contribution is 0.570. The molecule has 23 heavy (non-hydrogen) atoms. The summed E-state index contributed by atoms with van der Waals surface area (Å²) >= 11 is 0. The van der Waals surface area contributed by atoms with Crippen molar-refractivity contribution >= 4 is 11.6 Å². The van der Waals surface area contributed by atoms with E-state index in [1.54, 1.807) is 13.2 Å². The molecular formula is C17H26N6. The number of rotatable bonds is 7. The molecule has 2 rings (SSSR count). The monoisotopic (exact) mass is 314 g/mol. The second kappa shape index (κ2) is 8.82. The van der Waals surface area contributed by atoms with Gasteiger partial charge >= 0.3 is 0 Å². The minimum atomic E-state index is 0.751. The molecule has 124 valence electrons. The van der Waals surface area contributed by atoms with Crippen LogP contribution < -0.4 is 15.5 Å². The third-order valence-corrected chi connectivity index (χ3v) is 3.53. The van der Waals surface area contributed by atoms with E-state index in [0.717, 1.165) is 32.0 Å². The number of hydrogen-bond donors (Lipinski definition) is 2. The topological polar surface area (TPSA) is 57.5 Å². The van der Waals surface area contributed by atoms with Crippen molar-refractivity contribution in [3.8, 4) is 0 Å². The predicted octanol–water partition coefficient (Wildman–Crippen LogP) is 1.70. The average molecular weight is 314 g/mol. The molecule has 0 amide bonds. The Bertz CT molecular complexity index is 603. The van der Waals surface area contributed by atoms with Crippen LogP contribution in [0.15, 0.2) is 47.7 Å². The lowest BCUT2D eigenvalue weighted by atomic mass is 10.2. The van der Waals surface area contributed by atoms with Crippen molar-refractivity contribution in [2.24, 2.45) is 4.99 Å². The summed E-state index contributed by atoms with van der Waals surface area (Å²) in [6.07, 6.45) is 4.78. The van der Waals surface area contributed by atoms with Crippen molar-refractivity contribution in [2.75, 3.05) is 32.6 Å². The first kappa shape index (κ1) is 16.9. The number of benzene rings is 1. The molecule has 1 aromatic heterocycles. The van der Waals surface area contributed by atoms with Gasteiger partial charge in [-0.25, -0.2) is 0 Å². The van der Waals surface area contributed by atoms with Gasteiger partial charge in [-0.3, -0.25) is 9.67 Å². The quantitative estimate of drug-likeness (QED) is 0.464. The Hall–Kier alpha value is -2.50. The minimum absolute atomic E-state index is 0.751. The van der Waals surface area contributed by atoms with Gasteiger partial charge in [0.1, 0.15) is 0 Å². The highest BCUT2D eigenvalue weighted by Gasteiger charge is 2.00. The zero-order valence-electron chi connectivity index (χ0n) is 14.2. The SMILES string of the molecule is CN=C(NCCCn1cccn1)NCc1cccc(N(C)C)c1. The third kappa shape index (κ3) is 5.65. The normalized spacial score (nSPS) is 11.3. The summed E-state index contributed by atoms with van der Waals surface area (Å²) in [4.78, 5) is 6.36. The molecule has 0 bridgehead atoms. The highest BCUT2D eigenvalue weighted by molar-refractivity contribution is 5.79. The molecule has 0 radical (unpaired) electrons. The molecule has 0 saturated heterocycles. The first-order valence-corrected chi connectivity index (χ1v) is 7.87. The van der Waals surface area contributed by atoms with Crippen LogP contribution in [-0.4, -0.2) is 43.4 Å². The molecule has 0 fully saturated rings. The second-order valence-corrected chi connectivity index (χ2v) is 5.54. The van der Waals surface area contributed by atoms with Crippen molar-refractivity contribution in [3.05, 3.63) is 48.3 Å². The number of guanidine groups is 1. The van der Waals surface area contributed by atoms with Gasteiger partial charge in [0, 0.05) is 58.9 Å². The summed E-state index contributed by atoms with van der Waals surface area (Å²) in [7, 11) is 5.89. The molecule has 1 aromatic carbocycles. The van der Waals surface area contributed by atoms with Crippen LogP contribution in [0.5, 0.6) is 0 Å². The molecule has 0 aliphatic rings. The third-order valence-electron chi connectivity index (χ3n) is 3.53. The maximum absolute atomic E-state index is 4.26. The smallest absolute Gasteiger partial charge is 0.191 e. The van der Waals surface area contributed by atoms with E-state index in [1.807, 2.05) is 31.0 Å². The molecule has 2 N–H and O–H groups in total. The second-order valence-electron chi connectivity index (χ2n) is 5.54. The molecule has 0 spiro atoms. The zero-order chi connectivity index (χ0) is 16.5. The maximum atomic E-state index is 4.26. The number of aliphatic imine (C=N–C) groups is 1. The van der Waals surface area contributed by atoms with E-state index in [0.29, 0.717) is 0 Å². The van der Waals surface area contributed by atoms with Crippen LogP contribution in [0, 0.1) is 0 Å². The molecular weight excluding hydrogens is 288 g/mol. The van der Waals surface area contributed by atoms with Gasteiger partial charge in [0.15, 0.2) is 5.96 Å². The van der Waals surface area contributed by atoms with E-state index in [-0.39, 0.29) is 0 Å². The van der Waals surface area contributed by atoms with Crippen molar-refractivity contribution in [2.45, 2.75) is 19.5 Å². The largest absolute Gasteiger partial charge is 0.378 e. The summed E-state index contributed by atoms with van der Waals surface area (Å²) in [6, 6.07) is 10.4. The lowest BCUT2D eigenvalue weighted by Gasteiger charge is -2.15. The summed E-state index contributed by atoms with van der Waals surface area (Å²) in [5, 5.41) is 10.9. The van der Waals surface area contributed by atoms with E-state index in [2.05, 4.69) is 49.9 Å². The Morgan fingerprint density at radius 1 is 1.26 bits per heavy atom. The fraction of sp³-hybridized carbons (Fsp3) is 0.412. The van der Waals surface area contributed by atoms with Gasteiger partial charge in [-0.2, -0.15) is 5.10 Å². The first-order valence-electron chi connectivity index (χ1n) is 7.87.